The third kappa shape index (κ3) is 6.32. The first-order valence-electron chi connectivity index (χ1n) is 13.8. The summed E-state index contributed by atoms with van der Waals surface area (Å²) in [6.07, 6.45) is 4.57. The van der Waals surface area contributed by atoms with E-state index in [0.29, 0.717) is 32.6 Å². The molecule has 0 unspecified atom stereocenters. The molecule has 2 aliphatic rings. The number of hydrogen-bond acceptors (Lipinski definition) is 9. The van der Waals surface area contributed by atoms with Gasteiger partial charge in [-0.25, -0.2) is 28.0 Å². The molecule has 43 heavy (non-hydrogen) atoms. The SMILES string of the molecule is C[C@@H](C(=O)O)N(C(=O)[C@@H]1CCCN1S(=O)(=O)c1cn(C)cn1)c1ccc(OC(=O)N2CCN(c3ccccn3)CC2)cc1. The summed E-state index contributed by atoms with van der Waals surface area (Å²) in [4.78, 5) is 51.7. The molecule has 0 bridgehead atoms. The first kappa shape index (κ1) is 30.0. The normalized spacial score (nSPS) is 18.3. The minimum atomic E-state index is -4.09. The van der Waals surface area contributed by atoms with Crippen LogP contribution in [0.1, 0.15) is 19.8 Å². The van der Waals surface area contributed by atoms with Gasteiger partial charge in [-0.05, 0) is 56.2 Å². The number of carboxylic acids is 1. The number of aliphatic carboxylic acids is 1. The summed E-state index contributed by atoms with van der Waals surface area (Å²) in [6.45, 7) is 3.56. The smallest absolute Gasteiger partial charge is 0.415 e. The van der Waals surface area contributed by atoms with E-state index in [0.717, 1.165) is 15.0 Å². The number of nitrogens with zero attached hydrogens (tertiary/aromatic N) is 7. The Kier molecular flexibility index (Phi) is 8.64. The lowest BCUT2D eigenvalue weighted by Crippen LogP contribution is -2.52. The lowest BCUT2D eigenvalue weighted by Gasteiger charge is -2.34. The summed E-state index contributed by atoms with van der Waals surface area (Å²) in [5.41, 5.74) is 0.228. The van der Waals surface area contributed by atoms with Crippen molar-refractivity contribution in [2.24, 2.45) is 7.05 Å². The van der Waals surface area contributed by atoms with Crippen LogP contribution < -0.4 is 14.5 Å². The lowest BCUT2D eigenvalue weighted by molar-refractivity contribution is -0.140. The van der Waals surface area contributed by atoms with E-state index in [2.05, 4.69) is 14.9 Å². The number of piperazine rings is 1. The number of carboxylic acid groups (broad SMARTS) is 1. The van der Waals surface area contributed by atoms with Crippen molar-refractivity contribution >= 4 is 39.5 Å². The number of hydrogen-bond donors (Lipinski definition) is 1. The number of benzene rings is 1. The maximum Gasteiger partial charge on any atom is 0.415 e. The van der Waals surface area contributed by atoms with Gasteiger partial charge in [0.15, 0.2) is 5.03 Å². The third-order valence-electron chi connectivity index (χ3n) is 7.56. The molecular formula is C28H33N7O7S. The Balaban J connectivity index is 1.28. The molecule has 2 atom stereocenters. The van der Waals surface area contributed by atoms with Gasteiger partial charge in [-0.2, -0.15) is 4.31 Å². The van der Waals surface area contributed by atoms with Gasteiger partial charge in [-0.3, -0.25) is 9.69 Å². The number of carbonyl (C=O) groups is 3. The van der Waals surface area contributed by atoms with Gasteiger partial charge in [0.25, 0.3) is 10.0 Å². The molecule has 0 spiro atoms. The molecule has 1 aromatic carbocycles. The summed E-state index contributed by atoms with van der Waals surface area (Å²) in [5.74, 6) is -0.861. The second kappa shape index (κ2) is 12.4. The summed E-state index contributed by atoms with van der Waals surface area (Å²) >= 11 is 0. The molecule has 2 aliphatic heterocycles. The molecule has 1 N–H and O–H groups in total. The first-order valence-corrected chi connectivity index (χ1v) is 15.3. The summed E-state index contributed by atoms with van der Waals surface area (Å²) in [5, 5.41) is 9.62. The quantitative estimate of drug-likeness (QED) is 0.398. The predicted molar refractivity (Wildman–Crippen MR) is 155 cm³/mol. The van der Waals surface area contributed by atoms with E-state index < -0.39 is 40.1 Å². The van der Waals surface area contributed by atoms with Crippen LogP contribution >= 0.6 is 0 Å². The van der Waals surface area contributed by atoms with Crippen molar-refractivity contribution in [2.75, 3.05) is 42.5 Å². The van der Waals surface area contributed by atoms with Crippen molar-refractivity contribution in [3.8, 4) is 5.75 Å². The van der Waals surface area contributed by atoms with E-state index in [1.807, 2.05) is 18.2 Å². The van der Waals surface area contributed by atoms with Gasteiger partial charge in [-0.15, -0.1) is 0 Å². The second-order valence-electron chi connectivity index (χ2n) is 10.4. The Labute approximate surface area is 249 Å². The van der Waals surface area contributed by atoms with E-state index in [-0.39, 0.29) is 29.4 Å². The predicted octanol–water partition coefficient (Wildman–Crippen LogP) is 1.80. The molecule has 0 radical (unpaired) electrons. The maximum absolute atomic E-state index is 13.8. The number of pyridine rings is 1. The van der Waals surface area contributed by atoms with Crippen LogP contribution in [0, 0.1) is 0 Å². The van der Waals surface area contributed by atoms with Crippen molar-refractivity contribution in [3.05, 3.63) is 61.2 Å². The van der Waals surface area contributed by atoms with Crippen molar-refractivity contribution in [1.82, 2.24) is 23.7 Å². The standard InChI is InChI=1S/C28H33N7O7S/c1-20(27(37)38)35(26(36)23-6-5-13-34(23)43(40,41)25-18-31(2)19-30-25)21-8-10-22(11-9-21)42-28(39)33-16-14-32(15-17-33)24-7-3-4-12-29-24/h3-4,7-12,18-20,23H,5-6,13-17H2,1-2H3,(H,37,38)/t20-,23-/m0/s1. The number of imidazole rings is 1. The Morgan fingerprint density at radius 2 is 1.74 bits per heavy atom. The molecule has 3 aromatic rings. The first-order chi connectivity index (χ1) is 20.6. The van der Waals surface area contributed by atoms with Crippen molar-refractivity contribution < 1.29 is 32.6 Å². The van der Waals surface area contributed by atoms with Crippen molar-refractivity contribution in [1.29, 1.82) is 0 Å². The zero-order valence-electron chi connectivity index (χ0n) is 23.8. The van der Waals surface area contributed by atoms with Crippen LogP contribution in [0.5, 0.6) is 5.75 Å². The molecule has 228 valence electrons. The summed E-state index contributed by atoms with van der Waals surface area (Å²) in [6, 6.07) is 9.18. The van der Waals surface area contributed by atoms with Gasteiger partial charge in [0, 0.05) is 57.9 Å². The molecule has 5 rings (SSSR count). The molecule has 4 heterocycles. The van der Waals surface area contributed by atoms with Crippen LogP contribution in [0.25, 0.3) is 0 Å². The van der Waals surface area contributed by atoms with Gasteiger partial charge in [0.05, 0.1) is 6.33 Å². The van der Waals surface area contributed by atoms with Gasteiger partial charge >= 0.3 is 12.1 Å². The number of aromatic nitrogens is 3. The number of ether oxygens (including phenoxy) is 1. The number of amides is 2. The van der Waals surface area contributed by atoms with Crippen LogP contribution in [0.3, 0.4) is 0 Å². The second-order valence-corrected chi connectivity index (χ2v) is 12.2. The Hall–Kier alpha value is -4.50. The fourth-order valence-corrected chi connectivity index (χ4v) is 6.85. The Bertz CT molecular complexity index is 1570. The molecule has 14 nitrogen and oxygen atoms in total. The molecule has 2 aromatic heterocycles. The monoisotopic (exact) mass is 611 g/mol. The average Bonchev–Trinajstić information content (AvgIpc) is 3.69. The van der Waals surface area contributed by atoms with Crippen LogP contribution in [0.15, 0.2) is 66.2 Å². The van der Waals surface area contributed by atoms with Gasteiger partial charge in [-0.1, -0.05) is 6.07 Å². The fraction of sp³-hybridized carbons (Fsp3) is 0.393. The van der Waals surface area contributed by atoms with E-state index in [4.69, 9.17) is 4.74 Å². The molecular weight excluding hydrogens is 578 g/mol. The van der Waals surface area contributed by atoms with Crippen LogP contribution in [0.4, 0.5) is 16.3 Å². The van der Waals surface area contributed by atoms with E-state index in [1.165, 1.54) is 48.3 Å². The van der Waals surface area contributed by atoms with E-state index in [1.54, 1.807) is 18.1 Å². The minimum absolute atomic E-state index is 0.107. The van der Waals surface area contributed by atoms with E-state index >= 15 is 0 Å². The van der Waals surface area contributed by atoms with Crippen LogP contribution in [0.2, 0.25) is 0 Å². The lowest BCUT2D eigenvalue weighted by atomic mass is 10.1. The summed E-state index contributed by atoms with van der Waals surface area (Å²) in [7, 11) is -2.45. The minimum Gasteiger partial charge on any atom is -0.480 e. The topological polar surface area (TPSA) is 158 Å². The van der Waals surface area contributed by atoms with Crippen molar-refractivity contribution in [3.63, 3.8) is 0 Å². The number of sulfonamides is 1. The molecule has 2 saturated heterocycles. The van der Waals surface area contributed by atoms with Gasteiger partial charge < -0.3 is 24.2 Å². The zero-order valence-corrected chi connectivity index (χ0v) is 24.6. The molecule has 2 fully saturated rings. The van der Waals surface area contributed by atoms with E-state index in [9.17, 15) is 27.9 Å². The zero-order chi connectivity index (χ0) is 30.7. The summed E-state index contributed by atoms with van der Waals surface area (Å²) < 4.78 is 34.7. The number of rotatable bonds is 8. The molecule has 2 amide bonds. The number of anilines is 2. The Morgan fingerprint density at radius 1 is 1.02 bits per heavy atom. The van der Waals surface area contributed by atoms with Crippen LogP contribution in [-0.2, 0) is 26.7 Å². The average molecular weight is 612 g/mol. The van der Waals surface area contributed by atoms with Gasteiger partial charge in [0.1, 0.15) is 23.7 Å². The van der Waals surface area contributed by atoms with Gasteiger partial charge in [0.2, 0.25) is 5.91 Å². The van der Waals surface area contributed by atoms with Crippen LogP contribution in [-0.4, -0.2) is 100 Å². The third-order valence-corrected chi connectivity index (χ3v) is 9.35. The maximum atomic E-state index is 13.8. The number of aryl methyl sites for hydroxylation is 1. The van der Waals surface area contributed by atoms with Crippen molar-refractivity contribution in [2.45, 2.75) is 36.9 Å². The highest BCUT2D eigenvalue weighted by Gasteiger charge is 2.44. The Morgan fingerprint density at radius 3 is 2.35 bits per heavy atom. The number of carbonyl (C=O) groups excluding carboxylic acids is 2. The molecule has 15 heteroatoms. The fourth-order valence-electron chi connectivity index (χ4n) is 5.23. The highest BCUT2D eigenvalue weighted by Crippen LogP contribution is 2.30. The molecule has 0 saturated carbocycles. The highest BCUT2D eigenvalue weighted by molar-refractivity contribution is 7.89. The largest absolute Gasteiger partial charge is 0.480 e. The highest BCUT2D eigenvalue weighted by atomic mass is 32.2. The molecule has 0 aliphatic carbocycles.